The van der Waals surface area contributed by atoms with E-state index in [2.05, 4.69) is 65.1 Å². The van der Waals surface area contributed by atoms with Crippen LogP contribution in [0.25, 0.3) is 0 Å². The first-order chi connectivity index (χ1) is 9.11. The van der Waals surface area contributed by atoms with E-state index < -0.39 is 0 Å². The summed E-state index contributed by atoms with van der Waals surface area (Å²) in [6, 6.07) is 7.07. The van der Waals surface area contributed by atoms with Crippen LogP contribution in [0, 0.1) is 0 Å². The molecule has 1 aromatic carbocycles. The number of nitrogens with one attached hydrogen (secondary N) is 1. The Morgan fingerprint density at radius 2 is 2.21 bits per heavy atom. The molecule has 0 saturated carbocycles. The number of nitrogens with zero attached hydrogens (tertiary/aromatic N) is 1. The molecule has 1 fully saturated rings. The van der Waals surface area contributed by atoms with E-state index in [0.717, 1.165) is 26.2 Å². The van der Waals surface area contributed by atoms with Crippen molar-refractivity contribution in [2.75, 3.05) is 24.6 Å². The normalized spacial score (nSPS) is 23.7. The summed E-state index contributed by atoms with van der Waals surface area (Å²) in [5, 5.41) is 3.36. The summed E-state index contributed by atoms with van der Waals surface area (Å²) in [5.41, 5.74) is 2.58. The Hall–Kier alpha value is -0.580. The maximum absolute atomic E-state index is 5.69. The standard InChI is InChI=1S/C15H23BrN2O/c1-4-17-8-13-5-6-14(7-15(13)16)18-9-12(3)19-10-11(18)2/h5-7,11-12,17H,4,8-10H2,1-3H3. The number of morpholine rings is 1. The third-order valence-corrected chi connectivity index (χ3v) is 4.28. The van der Waals surface area contributed by atoms with Crippen LogP contribution in [0.3, 0.4) is 0 Å². The van der Waals surface area contributed by atoms with Gasteiger partial charge in [0.2, 0.25) is 0 Å². The lowest BCUT2D eigenvalue weighted by molar-refractivity contribution is 0.0344. The summed E-state index contributed by atoms with van der Waals surface area (Å²) in [5.74, 6) is 0. The Morgan fingerprint density at radius 3 is 2.89 bits per heavy atom. The van der Waals surface area contributed by atoms with Gasteiger partial charge in [-0.1, -0.05) is 28.9 Å². The van der Waals surface area contributed by atoms with Gasteiger partial charge in [-0.15, -0.1) is 0 Å². The van der Waals surface area contributed by atoms with Crippen molar-refractivity contribution in [2.24, 2.45) is 0 Å². The van der Waals surface area contributed by atoms with Crippen LogP contribution in [0.4, 0.5) is 5.69 Å². The third kappa shape index (κ3) is 3.71. The van der Waals surface area contributed by atoms with Crippen LogP contribution in [0.15, 0.2) is 22.7 Å². The Labute approximate surface area is 124 Å². The van der Waals surface area contributed by atoms with Crippen molar-refractivity contribution in [3.8, 4) is 0 Å². The molecule has 0 aliphatic carbocycles. The van der Waals surface area contributed by atoms with Gasteiger partial charge in [0.15, 0.2) is 0 Å². The van der Waals surface area contributed by atoms with Gasteiger partial charge in [-0.2, -0.15) is 0 Å². The molecule has 1 N–H and O–H groups in total. The zero-order valence-corrected chi connectivity index (χ0v) is 13.5. The smallest absolute Gasteiger partial charge is 0.0723 e. The summed E-state index contributed by atoms with van der Waals surface area (Å²) in [6.45, 7) is 10.1. The number of rotatable bonds is 4. The van der Waals surface area contributed by atoms with Crippen LogP contribution in [-0.4, -0.2) is 31.8 Å². The summed E-state index contributed by atoms with van der Waals surface area (Å²) in [6.07, 6.45) is 0.302. The van der Waals surface area contributed by atoms with Crippen LogP contribution in [0.1, 0.15) is 26.3 Å². The fourth-order valence-electron chi connectivity index (χ4n) is 2.38. The average molecular weight is 327 g/mol. The van der Waals surface area contributed by atoms with Gasteiger partial charge in [0, 0.05) is 29.3 Å². The Bertz CT molecular complexity index is 425. The van der Waals surface area contributed by atoms with Crippen LogP contribution < -0.4 is 10.2 Å². The van der Waals surface area contributed by atoms with E-state index in [4.69, 9.17) is 4.74 Å². The Morgan fingerprint density at radius 1 is 1.42 bits per heavy atom. The van der Waals surface area contributed by atoms with Crippen LogP contribution in [0.2, 0.25) is 0 Å². The third-order valence-electron chi connectivity index (χ3n) is 3.54. The van der Waals surface area contributed by atoms with Crippen molar-refractivity contribution < 1.29 is 4.74 Å². The minimum atomic E-state index is 0.302. The molecule has 1 aliphatic rings. The molecule has 3 nitrogen and oxygen atoms in total. The van der Waals surface area contributed by atoms with E-state index in [9.17, 15) is 0 Å². The predicted molar refractivity (Wildman–Crippen MR) is 83.7 cm³/mol. The van der Waals surface area contributed by atoms with Crippen LogP contribution >= 0.6 is 15.9 Å². The molecule has 0 radical (unpaired) electrons. The summed E-state index contributed by atoms with van der Waals surface area (Å²) in [7, 11) is 0. The van der Waals surface area contributed by atoms with Gasteiger partial charge in [-0.25, -0.2) is 0 Å². The molecule has 1 saturated heterocycles. The molecular formula is C15H23BrN2O. The maximum Gasteiger partial charge on any atom is 0.0723 e. The van der Waals surface area contributed by atoms with Crippen molar-refractivity contribution in [1.29, 1.82) is 0 Å². The molecule has 2 unspecified atom stereocenters. The predicted octanol–water partition coefficient (Wildman–Crippen LogP) is 3.17. The monoisotopic (exact) mass is 326 g/mol. The fourth-order valence-corrected chi connectivity index (χ4v) is 2.89. The van der Waals surface area contributed by atoms with Gasteiger partial charge in [0.1, 0.15) is 0 Å². The SMILES string of the molecule is CCNCc1ccc(N2CC(C)OCC2C)cc1Br. The summed E-state index contributed by atoms with van der Waals surface area (Å²) < 4.78 is 6.86. The van der Waals surface area contributed by atoms with Gasteiger partial charge in [-0.05, 0) is 38.1 Å². The van der Waals surface area contributed by atoms with E-state index in [1.807, 2.05) is 0 Å². The highest BCUT2D eigenvalue weighted by Gasteiger charge is 2.23. The first kappa shape index (κ1) is 14.8. The minimum Gasteiger partial charge on any atom is -0.375 e. The lowest BCUT2D eigenvalue weighted by Gasteiger charge is -2.38. The number of benzene rings is 1. The number of hydrogen-bond donors (Lipinski definition) is 1. The molecular weight excluding hydrogens is 304 g/mol. The molecule has 0 aromatic heterocycles. The lowest BCUT2D eigenvalue weighted by Crippen LogP contribution is -2.47. The Kier molecular flexibility index (Phi) is 5.25. The molecule has 0 amide bonds. The largest absolute Gasteiger partial charge is 0.375 e. The molecule has 4 heteroatoms. The van der Waals surface area contributed by atoms with Crippen molar-refractivity contribution in [2.45, 2.75) is 39.5 Å². The molecule has 0 spiro atoms. The second kappa shape index (κ2) is 6.73. The van der Waals surface area contributed by atoms with E-state index in [0.29, 0.717) is 12.1 Å². The highest BCUT2D eigenvalue weighted by Crippen LogP contribution is 2.27. The quantitative estimate of drug-likeness (QED) is 0.919. The molecule has 1 heterocycles. The summed E-state index contributed by atoms with van der Waals surface area (Å²) >= 11 is 3.68. The highest BCUT2D eigenvalue weighted by atomic mass is 79.9. The number of anilines is 1. The number of hydrogen-bond acceptors (Lipinski definition) is 3. The van der Waals surface area contributed by atoms with Crippen molar-refractivity contribution >= 4 is 21.6 Å². The second-order valence-electron chi connectivity index (χ2n) is 5.20. The molecule has 2 rings (SSSR count). The maximum atomic E-state index is 5.69. The van der Waals surface area contributed by atoms with E-state index in [1.165, 1.54) is 15.7 Å². The van der Waals surface area contributed by atoms with Crippen molar-refractivity contribution in [3.05, 3.63) is 28.2 Å². The molecule has 19 heavy (non-hydrogen) atoms. The van der Waals surface area contributed by atoms with Gasteiger partial charge < -0.3 is 15.0 Å². The van der Waals surface area contributed by atoms with Gasteiger partial charge in [-0.3, -0.25) is 0 Å². The molecule has 1 aromatic rings. The first-order valence-electron chi connectivity index (χ1n) is 6.99. The van der Waals surface area contributed by atoms with Gasteiger partial charge in [0.05, 0.1) is 12.7 Å². The van der Waals surface area contributed by atoms with Crippen LogP contribution in [-0.2, 0) is 11.3 Å². The molecule has 0 bridgehead atoms. The average Bonchev–Trinajstić information content (AvgIpc) is 2.40. The van der Waals surface area contributed by atoms with Gasteiger partial charge in [0.25, 0.3) is 0 Å². The minimum absolute atomic E-state index is 0.302. The van der Waals surface area contributed by atoms with E-state index in [1.54, 1.807) is 0 Å². The van der Waals surface area contributed by atoms with Crippen molar-refractivity contribution in [3.63, 3.8) is 0 Å². The van der Waals surface area contributed by atoms with Crippen molar-refractivity contribution in [1.82, 2.24) is 5.32 Å². The lowest BCUT2D eigenvalue weighted by atomic mass is 10.1. The summed E-state index contributed by atoms with van der Waals surface area (Å²) in [4.78, 5) is 2.43. The topological polar surface area (TPSA) is 24.5 Å². The first-order valence-corrected chi connectivity index (χ1v) is 7.78. The molecule has 2 atom stereocenters. The molecule has 106 valence electrons. The van der Waals surface area contributed by atoms with Gasteiger partial charge >= 0.3 is 0 Å². The molecule has 1 aliphatic heterocycles. The number of ether oxygens (including phenoxy) is 1. The fraction of sp³-hybridized carbons (Fsp3) is 0.600. The highest BCUT2D eigenvalue weighted by molar-refractivity contribution is 9.10. The van der Waals surface area contributed by atoms with E-state index in [-0.39, 0.29) is 0 Å². The zero-order valence-electron chi connectivity index (χ0n) is 11.9. The second-order valence-corrected chi connectivity index (χ2v) is 6.06. The number of halogens is 1. The Balaban J connectivity index is 2.14. The van der Waals surface area contributed by atoms with E-state index >= 15 is 0 Å². The zero-order chi connectivity index (χ0) is 13.8. The van der Waals surface area contributed by atoms with Crippen LogP contribution in [0.5, 0.6) is 0 Å².